The topological polar surface area (TPSA) is 82.4 Å². The summed E-state index contributed by atoms with van der Waals surface area (Å²) in [6.07, 6.45) is 1.83. The summed E-state index contributed by atoms with van der Waals surface area (Å²) in [6.45, 7) is 7.05. The lowest BCUT2D eigenvalue weighted by Gasteiger charge is -2.30. The van der Waals surface area contributed by atoms with Crippen molar-refractivity contribution in [1.82, 2.24) is 9.47 Å². The molecule has 2 heterocycles. The highest BCUT2D eigenvalue weighted by Gasteiger charge is 2.36. The Morgan fingerprint density at radius 3 is 2.45 bits per heavy atom. The van der Waals surface area contributed by atoms with Gasteiger partial charge >= 0.3 is 0 Å². The van der Waals surface area contributed by atoms with Gasteiger partial charge in [0.2, 0.25) is 0 Å². The lowest BCUT2D eigenvalue weighted by Crippen LogP contribution is -2.43. The minimum absolute atomic E-state index is 0.160. The summed E-state index contributed by atoms with van der Waals surface area (Å²) in [6, 6.07) is 22.4. The lowest BCUT2D eigenvalue weighted by atomic mass is 9.90. The Morgan fingerprint density at radius 2 is 1.73 bits per heavy atom. The number of likely N-dealkylation sites (N-methyl/N-ethyl adjacent to an activating group) is 1. The van der Waals surface area contributed by atoms with Crippen LogP contribution in [-0.4, -0.2) is 42.7 Å². The molecule has 0 radical (unpaired) electrons. The Kier molecular flexibility index (Phi) is 10.5. The number of methoxy groups -OCH3 is 2. The molecule has 0 unspecified atom stereocenters. The molecule has 1 atom stereocenters. The second-order valence-corrected chi connectivity index (χ2v) is 14.0. The molecule has 0 N–H and O–H groups in total. The monoisotopic (exact) mass is 807 g/mol. The fourth-order valence-electron chi connectivity index (χ4n) is 6.16. The number of rotatable bonds is 10. The molecule has 1 aromatic heterocycles. The third kappa shape index (κ3) is 6.61. The summed E-state index contributed by atoms with van der Waals surface area (Å²) in [5, 5.41) is 2.50. The number of aromatic nitrogens is 1. The van der Waals surface area contributed by atoms with Crippen molar-refractivity contribution in [2.75, 3.05) is 27.3 Å². The lowest BCUT2D eigenvalue weighted by molar-refractivity contribution is -0.127. The number of ether oxygens (including phenoxy) is 3. The van der Waals surface area contributed by atoms with Crippen LogP contribution in [0.4, 0.5) is 0 Å². The third-order valence-corrected chi connectivity index (χ3v) is 10.8. The SMILES string of the molecule is CCN(CC)C(=O)C1=C(C)N=c2s/c(=C/c3cc(I)c(OCc4ccccc4Cl)c(OC)c3)c(=O)n2[C@@H]1c1c(OC)ccc2ccccc12. The van der Waals surface area contributed by atoms with Gasteiger partial charge in [-0.3, -0.25) is 14.2 Å². The molecule has 11 heteroatoms. The summed E-state index contributed by atoms with van der Waals surface area (Å²) >= 11 is 9.84. The van der Waals surface area contributed by atoms with E-state index in [1.54, 1.807) is 23.7 Å². The Labute approximate surface area is 307 Å². The second kappa shape index (κ2) is 14.8. The first-order valence-corrected chi connectivity index (χ1v) is 18.1. The first-order valence-electron chi connectivity index (χ1n) is 15.8. The van der Waals surface area contributed by atoms with Crippen LogP contribution in [-0.2, 0) is 11.4 Å². The normalized spacial score (nSPS) is 14.4. The Hall–Kier alpha value is -4.13. The quantitative estimate of drug-likeness (QED) is 0.141. The number of thiazole rings is 1. The summed E-state index contributed by atoms with van der Waals surface area (Å²) in [4.78, 5) is 35.9. The first-order chi connectivity index (χ1) is 23.7. The van der Waals surface area contributed by atoms with E-state index in [0.29, 0.717) is 56.0 Å². The third-order valence-electron chi connectivity index (χ3n) is 8.61. The zero-order valence-electron chi connectivity index (χ0n) is 27.8. The molecule has 1 aliphatic heterocycles. The summed E-state index contributed by atoms with van der Waals surface area (Å²) in [5.74, 6) is 1.54. The van der Waals surface area contributed by atoms with Crippen molar-refractivity contribution < 1.29 is 19.0 Å². The van der Waals surface area contributed by atoms with Gasteiger partial charge in [0.1, 0.15) is 18.4 Å². The van der Waals surface area contributed by atoms with Crippen LogP contribution in [0.2, 0.25) is 5.02 Å². The van der Waals surface area contributed by atoms with Gasteiger partial charge in [-0.15, -0.1) is 0 Å². The number of carbonyl (C=O) groups is 1. The highest BCUT2D eigenvalue weighted by molar-refractivity contribution is 14.1. The van der Waals surface area contributed by atoms with Crippen molar-refractivity contribution in [1.29, 1.82) is 0 Å². The molecule has 0 saturated heterocycles. The number of allylic oxidation sites excluding steroid dienone is 1. The molecule has 0 fully saturated rings. The van der Waals surface area contributed by atoms with E-state index in [1.165, 1.54) is 11.3 Å². The number of halogens is 2. The maximum atomic E-state index is 14.5. The van der Waals surface area contributed by atoms with E-state index in [2.05, 4.69) is 22.6 Å². The molecule has 0 bridgehead atoms. The van der Waals surface area contributed by atoms with Crippen LogP contribution in [0.3, 0.4) is 0 Å². The summed E-state index contributed by atoms with van der Waals surface area (Å²) in [5.41, 5.74) is 3.13. The number of hydrogen-bond donors (Lipinski definition) is 0. The molecule has 0 spiro atoms. The van der Waals surface area contributed by atoms with E-state index < -0.39 is 6.04 Å². The van der Waals surface area contributed by atoms with Crippen LogP contribution < -0.4 is 29.1 Å². The predicted octanol–water partition coefficient (Wildman–Crippen LogP) is 7.11. The fourth-order valence-corrected chi connectivity index (χ4v) is 8.18. The van der Waals surface area contributed by atoms with Crippen LogP contribution in [0.5, 0.6) is 17.2 Å². The minimum atomic E-state index is -0.761. The van der Waals surface area contributed by atoms with Gasteiger partial charge < -0.3 is 19.1 Å². The maximum Gasteiger partial charge on any atom is 0.271 e. The molecule has 0 aliphatic carbocycles. The molecule has 6 rings (SSSR count). The fraction of sp³-hybridized carbons (Fsp3) is 0.237. The molecule has 8 nitrogen and oxygen atoms in total. The molecule has 1 amide bonds. The minimum Gasteiger partial charge on any atom is -0.496 e. The van der Waals surface area contributed by atoms with Crippen LogP contribution in [0, 0.1) is 3.57 Å². The van der Waals surface area contributed by atoms with Gasteiger partial charge in [0.25, 0.3) is 11.5 Å². The maximum absolute atomic E-state index is 14.5. The van der Waals surface area contributed by atoms with E-state index in [-0.39, 0.29) is 18.1 Å². The standard InChI is InChI=1S/C38H35ClIN3O5S/c1-6-42(7-2)37(45)32-22(3)41-38-43(34(32)33-26-14-10-8-12-24(26)16-17-29(33)46-4)36(44)31(49-38)20-23-18-28(40)35(30(19-23)47-5)48-21-25-13-9-11-15-27(25)39/h8-20,34H,6-7,21H2,1-5H3/b31-20+/t34-/m0/s1. The molecular weight excluding hydrogens is 773 g/mol. The molecular formula is C38H35ClIN3O5S. The van der Waals surface area contributed by atoms with Crippen LogP contribution >= 0.6 is 45.5 Å². The summed E-state index contributed by atoms with van der Waals surface area (Å²) < 4.78 is 20.7. The van der Waals surface area contributed by atoms with Gasteiger partial charge in [-0.1, -0.05) is 71.5 Å². The van der Waals surface area contributed by atoms with Gasteiger partial charge in [0.05, 0.1) is 33.6 Å². The van der Waals surface area contributed by atoms with Gasteiger partial charge in [-0.05, 0) is 90.0 Å². The highest BCUT2D eigenvalue weighted by Crippen LogP contribution is 2.41. The smallest absolute Gasteiger partial charge is 0.271 e. The van der Waals surface area contributed by atoms with Crippen molar-refractivity contribution in [3.63, 3.8) is 0 Å². The molecule has 4 aromatic carbocycles. The molecule has 252 valence electrons. The van der Waals surface area contributed by atoms with Crippen molar-refractivity contribution in [2.24, 2.45) is 4.99 Å². The van der Waals surface area contributed by atoms with Crippen LogP contribution in [0.1, 0.15) is 43.5 Å². The van der Waals surface area contributed by atoms with Crippen LogP contribution in [0.25, 0.3) is 16.8 Å². The molecule has 1 aliphatic rings. The summed E-state index contributed by atoms with van der Waals surface area (Å²) in [7, 11) is 3.19. The Morgan fingerprint density at radius 1 is 1.02 bits per heavy atom. The highest BCUT2D eigenvalue weighted by atomic mass is 127. The predicted molar refractivity (Wildman–Crippen MR) is 204 cm³/mol. The number of benzene rings is 4. The molecule has 49 heavy (non-hydrogen) atoms. The molecule has 5 aromatic rings. The second-order valence-electron chi connectivity index (χ2n) is 11.4. The molecule has 0 saturated carbocycles. The van der Waals surface area contributed by atoms with Crippen molar-refractivity contribution in [3.05, 3.63) is 129 Å². The first kappa shape index (κ1) is 34.7. The largest absolute Gasteiger partial charge is 0.496 e. The zero-order chi connectivity index (χ0) is 34.8. The number of fused-ring (bicyclic) bond motifs is 2. The van der Waals surface area contributed by atoms with E-state index >= 15 is 0 Å². The Balaban J connectivity index is 1.52. The van der Waals surface area contributed by atoms with Gasteiger partial charge in [0.15, 0.2) is 16.3 Å². The number of nitrogens with zero attached hydrogens (tertiary/aromatic N) is 3. The van der Waals surface area contributed by atoms with Crippen molar-refractivity contribution in [2.45, 2.75) is 33.4 Å². The van der Waals surface area contributed by atoms with E-state index in [9.17, 15) is 9.59 Å². The van der Waals surface area contributed by atoms with Gasteiger partial charge in [-0.2, -0.15) is 0 Å². The van der Waals surface area contributed by atoms with Crippen molar-refractivity contribution >= 4 is 68.3 Å². The van der Waals surface area contributed by atoms with Crippen molar-refractivity contribution in [3.8, 4) is 17.2 Å². The number of amides is 1. The average Bonchev–Trinajstić information content (AvgIpc) is 3.40. The van der Waals surface area contributed by atoms with Gasteiger partial charge in [0, 0.05) is 29.2 Å². The Bertz CT molecular complexity index is 2290. The average molecular weight is 808 g/mol. The van der Waals surface area contributed by atoms with Gasteiger partial charge in [-0.25, -0.2) is 4.99 Å². The van der Waals surface area contributed by atoms with Crippen LogP contribution in [0.15, 0.2) is 93.9 Å². The van der Waals surface area contributed by atoms with E-state index in [4.69, 9.17) is 30.8 Å². The number of carbonyl (C=O) groups excluding carboxylic acids is 1. The van der Waals surface area contributed by atoms with E-state index in [1.807, 2.05) is 99.6 Å². The van der Waals surface area contributed by atoms with E-state index in [0.717, 1.165) is 31.0 Å². The zero-order valence-corrected chi connectivity index (χ0v) is 31.5. The number of hydrogen-bond acceptors (Lipinski definition) is 7.